The van der Waals surface area contributed by atoms with Crippen LogP contribution in [-0.2, 0) is 19.4 Å². The highest BCUT2D eigenvalue weighted by atomic mass is 16.5. The van der Waals surface area contributed by atoms with Crippen LogP contribution in [-0.4, -0.2) is 14.2 Å². The Hall–Kier alpha value is -2.42. The van der Waals surface area contributed by atoms with Gasteiger partial charge in [-0.3, -0.25) is 0 Å². The number of methoxy groups -OCH3 is 2. The third-order valence-corrected chi connectivity index (χ3v) is 3.84. The summed E-state index contributed by atoms with van der Waals surface area (Å²) >= 11 is 0. The number of allylic oxidation sites excluding steroid dienone is 1. The molecule has 0 saturated carbocycles. The minimum Gasteiger partial charge on any atom is -0.493 e. The molecule has 0 saturated heterocycles. The van der Waals surface area contributed by atoms with E-state index in [1.807, 2.05) is 12.1 Å². The molecule has 0 heterocycles. The summed E-state index contributed by atoms with van der Waals surface area (Å²) < 4.78 is 10.9. The molecule has 0 aliphatic heterocycles. The van der Waals surface area contributed by atoms with E-state index in [2.05, 4.69) is 49.2 Å². The summed E-state index contributed by atoms with van der Waals surface area (Å²) in [6.45, 7) is 6.71. The number of rotatable bonds is 8. The lowest BCUT2D eigenvalue weighted by Crippen LogP contribution is -2.03. The number of hydrogen-bond acceptors (Lipinski definition) is 3. The van der Waals surface area contributed by atoms with Crippen molar-refractivity contribution in [3.63, 3.8) is 0 Å². The topological polar surface area (TPSA) is 30.5 Å². The number of nitrogens with one attached hydrogen (secondary N) is 1. The van der Waals surface area contributed by atoms with Crippen LogP contribution >= 0.6 is 0 Å². The summed E-state index contributed by atoms with van der Waals surface area (Å²) in [4.78, 5) is 0. The summed E-state index contributed by atoms with van der Waals surface area (Å²) in [5.41, 5.74) is 4.69. The van der Waals surface area contributed by atoms with Gasteiger partial charge in [-0.15, -0.1) is 6.58 Å². The fourth-order valence-electron chi connectivity index (χ4n) is 2.58. The van der Waals surface area contributed by atoms with Crippen LogP contribution in [0.5, 0.6) is 11.5 Å². The van der Waals surface area contributed by atoms with Gasteiger partial charge in [0, 0.05) is 17.8 Å². The molecule has 2 aromatic carbocycles. The normalized spacial score (nSPS) is 10.2. The zero-order valence-electron chi connectivity index (χ0n) is 14.2. The Balaban J connectivity index is 2.17. The van der Waals surface area contributed by atoms with Crippen LogP contribution in [0.2, 0.25) is 0 Å². The Labute approximate surface area is 138 Å². The summed E-state index contributed by atoms with van der Waals surface area (Å²) in [5, 5.41) is 3.45. The lowest BCUT2D eigenvalue weighted by atomic mass is 10.1. The first-order chi connectivity index (χ1) is 11.2. The van der Waals surface area contributed by atoms with Crippen LogP contribution in [0.25, 0.3) is 0 Å². The van der Waals surface area contributed by atoms with Crippen molar-refractivity contribution in [1.29, 1.82) is 0 Å². The maximum atomic E-state index is 5.47. The third-order valence-electron chi connectivity index (χ3n) is 3.84. The molecular formula is C20H25NO2. The summed E-state index contributed by atoms with van der Waals surface area (Å²) in [5.74, 6) is 1.54. The zero-order chi connectivity index (χ0) is 16.7. The van der Waals surface area contributed by atoms with E-state index in [-0.39, 0.29) is 0 Å². The highest BCUT2D eigenvalue weighted by Gasteiger charge is 2.11. The molecule has 0 fully saturated rings. The van der Waals surface area contributed by atoms with Gasteiger partial charge in [-0.2, -0.15) is 0 Å². The first-order valence-corrected chi connectivity index (χ1v) is 7.89. The van der Waals surface area contributed by atoms with Crippen molar-refractivity contribution in [2.75, 3.05) is 19.5 Å². The number of benzene rings is 2. The molecule has 23 heavy (non-hydrogen) atoms. The molecule has 0 atom stereocenters. The van der Waals surface area contributed by atoms with Crippen LogP contribution in [0.4, 0.5) is 5.69 Å². The minimum atomic E-state index is 0.732. The van der Waals surface area contributed by atoms with E-state index >= 15 is 0 Å². The van der Waals surface area contributed by atoms with E-state index in [1.54, 1.807) is 14.2 Å². The van der Waals surface area contributed by atoms with E-state index < -0.39 is 0 Å². The highest BCUT2D eigenvalue weighted by molar-refractivity contribution is 5.52. The largest absolute Gasteiger partial charge is 0.493 e. The first-order valence-electron chi connectivity index (χ1n) is 7.89. The van der Waals surface area contributed by atoms with E-state index in [0.29, 0.717) is 0 Å². The first kappa shape index (κ1) is 16.9. The molecule has 2 aromatic rings. The maximum Gasteiger partial charge on any atom is 0.164 e. The molecule has 122 valence electrons. The molecule has 0 spiro atoms. The number of anilines is 1. The van der Waals surface area contributed by atoms with Gasteiger partial charge < -0.3 is 14.8 Å². The molecular weight excluding hydrogens is 286 g/mol. The Morgan fingerprint density at radius 1 is 1.04 bits per heavy atom. The lowest BCUT2D eigenvalue weighted by Gasteiger charge is -2.15. The van der Waals surface area contributed by atoms with Gasteiger partial charge in [0.2, 0.25) is 0 Å². The van der Waals surface area contributed by atoms with E-state index in [9.17, 15) is 0 Å². The zero-order valence-corrected chi connectivity index (χ0v) is 14.2. The number of ether oxygens (including phenoxy) is 2. The van der Waals surface area contributed by atoms with Gasteiger partial charge >= 0.3 is 0 Å². The van der Waals surface area contributed by atoms with E-state index in [0.717, 1.165) is 47.7 Å². The fourth-order valence-corrected chi connectivity index (χ4v) is 2.58. The van der Waals surface area contributed by atoms with Gasteiger partial charge in [-0.05, 0) is 48.2 Å². The average Bonchev–Trinajstić information content (AvgIpc) is 2.60. The molecule has 2 rings (SSSR count). The van der Waals surface area contributed by atoms with E-state index in [1.165, 1.54) is 5.56 Å². The maximum absolute atomic E-state index is 5.47. The Morgan fingerprint density at radius 3 is 2.35 bits per heavy atom. The summed E-state index contributed by atoms with van der Waals surface area (Å²) in [7, 11) is 3.33. The number of aryl methyl sites for hydroxylation is 1. The summed E-state index contributed by atoms with van der Waals surface area (Å²) in [6.07, 6.45) is 3.68. The van der Waals surface area contributed by atoms with Gasteiger partial charge in [-0.25, -0.2) is 0 Å². The second-order valence-corrected chi connectivity index (χ2v) is 5.39. The van der Waals surface area contributed by atoms with Gasteiger partial charge in [0.25, 0.3) is 0 Å². The van der Waals surface area contributed by atoms with Crippen molar-refractivity contribution >= 4 is 5.69 Å². The highest BCUT2D eigenvalue weighted by Crippen LogP contribution is 2.33. The van der Waals surface area contributed by atoms with Crippen LogP contribution in [0.3, 0.4) is 0 Å². The lowest BCUT2D eigenvalue weighted by molar-refractivity contribution is 0.352. The number of hydrogen-bond donors (Lipinski definition) is 1. The quantitative estimate of drug-likeness (QED) is 0.722. The van der Waals surface area contributed by atoms with Crippen molar-refractivity contribution in [2.24, 2.45) is 0 Å². The molecule has 0 aliphatic rings. The Morgan fingerprint density at radius 2 is 1.78 bits per heavy atom. The van der Waals surface area contributed by atoms with Crippen LogP contribution in [0.15, 0.2) is 49.1 Å². The van der Waals surface area contributed by atoms with Crippen molar-refractivity contribution in [3.05, 3.63) is 65.7 Å². The van der Waals surface area contributed by atoms with Gasteiger partial charge in [-0.1, -0.05) is 25.1 Å². The van der Waals surface area contributed by atoms with Crippen molar-refractivity contribution < 1.29 is 9.47 Å². The van der Waals surface area contributed by atoms with Crippen molar-refractivity contribution in [1.82, 2.24) is 0 Å². The fraction of sp³-hybridized carbons (Fsp3) is 0.300. The SMILES string of the molecule is C=CCc1cc(CNc2ccc(CC)cc2)cc(OC)c1OC. The van der Waals surface area contributed by atoms with Crippen LogP contribution < -0.4 is 14.8 Å². The predicted octanol–water partition coefficient (Wildman–Crippen LogP) is 4.61. The Kier molecular flexibility index (Phi) is 6.10. The van der Waals surface area contributed by atoms with E-state index in [4.69, 9.17) is 9.47 Å². The van der Waals surface area contributed by atoms with Crippen molar-refractivity contribution in [3.8, 4) is 11.5 Å². The molecule has 0 aliphatic carbocycles. The van der Waals surface area contributed by atoms with Crippen LogP contribution in [0, 0.1) is 0 Å². The molecule has 0 amide bonds. The smallest absolute Gasteiger partial charge is 0.164 e. The molecule has 0 bridgehead atoms. The Bertz CT molecular complexity index is 647. The average molecular weight is 311 g/mol. The standard InChI is InChI=1S/C20H25NO2/c1-5-7-17-12-16(13-19(22-3)20(17)23-4)14-21-18-10-8-15(6-2)9-11-18/h5,8-13,21H,1,6-7,14H2,2-4H3. The second kappa shape index (κ2) is 8.28. The third kappa shape index (κ3) is 4.28. The molecule has 3 nitrogen and oxygen atoms in total. The molecule has 1 N–H and O–H groups in total. The predicted molar refractivity (Wildman–Crippen MR) is 96.6 cm³/mol. The monoisotopic (exact) mass is 311 g/mol. The van der Waals surface area contributed by atoms with Gasteiger partial charge in [0.1, 0.15) is 0 Å². The molecule has 0 radical (unpaired) electrons. The van der Waals surface area contributed by atoms with Crippen LogP contribution in [0.1, 0.15) is 23.6 Å². The summed E-state index contributed by atoms with van der Waals surface area (Å²) in [6, 6.07) is 12.7. The second-order valence-electron chi connectivity index (χ2n) is 5.39. The molecule has 0 unspecified atom stereocenters. The molecule has 3 heteroatoms. The van der Waals surface area contributed by atoms with Crippen molar-refractivity contribution in [2.45, 2.75) is 26.3 Å². The van der Waals surface area contributed by atoms with Gasteiger partial charge in [0.05, 0.1) is 14.2 Å². The van der Waals surface area contributed by atoms with Gasteiger partial charge in [0.15, 0.2) is 11.5 Å². The minimum absolute atomic E-state index is 0.732. The molecule has 0 aromatic heterocycles.